The predicted molar refractivity (Wildman–Crippen MR) is 122 cm³/mol. The zero-order valence-electron chi connectivity index (χ0n) is 17.8. The van der Waals surface area contributed by atoms with Crippen LogP contribution in [0.25, 0.3) is 0 Å². The van der Waals surface area contributed by atoms with Crippen LogP contribution in [0.15, 0.2) is 78.0 Å². The summed E-state index contributed by atoms with van der Waals surface area (Å²) in [5.41, 5.74) is 4.06. The Morgan fingerprint density at radius 1 is 0.931 bits per heavy atom. The molecule has 0 radical (unpaired) electrons. The number of rotatable bonds is 8. The third-order valence-electron chi connectivity index (χ3n) is 4.62. The van der Waals surface area contributed by atoms with Crippen LogP contribution >= 0.6 is 11.9 Å². The molecule has 0 aliphatic rings. The molecule has 3 aromatic rings. The summed E-state index contributed by atoms with van der Waals surface area (Å²) >= 11 is 1.74. The first kappa shape index (κ1) is 21.4. The molecule has 0 bridgehead atoms. The van der Waals surface area contributed by atoms with Crippen molar-refractivity contribution >= 4 is 11.9 Å². The highest BCUT2D eigenvalue weighted by Gasteiger charge is 2.14. The van der Waals surface area contributed by atoms with Gasteiger partial charge in [0, 0.05) is 30.4 Å². The highest BCUT2D eigenvalue weighted by molar-refractivity contribution is 7.97. The van der Waals surface area contributed by atoms with Crippen LogP contribution in [0.3, 0.4) is 0 Å². The molecule has 0 spiro atoms. The summed E-state index contributed by atoms with van der Waals surface area (Å²) in [6.07, 6.45) is 3.72. The summed E-state index contributed by atoms with van der Waals surface area (Å²) in [5.74, 6) is 0.922. The minimum atomic E-state index is 0.169. The van der Waals surface area contributed by atoms with Crippen molar-refractivity contribution in [3.8, 4) is 5.75 Å². The van der Waals surface area contributed by atoms with E-state index in [9.17, 15) is 0 Å². The smallest absolute Gasteiger partial charge is 0.119 e. The zero-order chi connectivity index (χ0) is 20.7. The molecule has 0 N–H and O–H groups in total. The Bertz CT molecular complexity index is 889. The van der Waals surface area contributed by atoms with Gasteiger partial charge in [-0.05, 0) is 65.2 Å². The van der Waals surface area contributed by atoms with Crippen LogP contribution in [0.1, 0.15) is 44.4 Å². The average Bonchev–Trinajstić information content (AvgIpc) is 2.69. The molecule has 3 rings (SSSR count). The molecular weight excluding hydrogens is 376 g/mol. The third kappa shape index (κ3) is 6.62. The van der Waals surface area contributed by atoms with Crippen LogP contribution in [0.2, 0.25) is 0 Å². The van der Waals surface area contributed by atoms with E-state index in [2.05, 4.69) is 78.6 Å². The second kappa shape index (κ2) is 9.95. The van der Waals surface area contributed by atoms with Crippen LogP contribution in [0.4, 0.5) is 0 Å². The van der Waals surface area contributed by atoms with E-state index in [0.717, 1.165) is 23.7 Å². The molecule has 0 saturated carbocycles. The Morgan fingerprint density at radius 2 is 1.69 bits per heavy atom. The molecular formula is C25H30N2OS. The summed E-state index contributed by atoms with van der Waals surface area (Å²) in [7, 11) is 0. The molecule has 29 heavy (non-hydrogen) atoms. The molecule has 0 atom stereocenters. The first-order chi connectivity index (χ1) is 13.9. The summed E-state index contributed by atoms with van der Waals surface area (Å²) in [6.45, 7) is 11.1. The van der Waals surface area contributed by atoms with E-state index in [-0.39, 0.29) is 5.41 Å². The lowest BCUT2D eigenvalue weighted by Crippen LogP contribution is -2.16. The minimum absolute atomic E-state index is 0.169. The fourth-order valence-corrected chi connectivity index (χ4v) is 4.06. The van der Waals surface area contributed by atoms with Crippen molar-refractivity contribution in [2.24, 2.45) is 0 Å². The van der Waals surface area contributed by atoms with Gasteiger partial charge in [-0.3, -0.25) is 4.98 Å². The molecule has 3 nitrogen and oxygen atoms in total. The molecule has 2 aromatic carbocycles. The monoisotopic (exact) mass is 406 g/mol. The van der Waals surface area contributed by atoms with Crippen LogP contribution in [-0.4, -0.2) is 15.9 Å². The van der Waals surface area contributed by atoms with E-state index in [1.54, 1.807) is 11.9 Å². The highest BCUT2D eigenvalue weighted by Crippen LogP contribution is 2.28. The maximum Gasteiger partial charge on any atom is 0.119 e. The van der Waals surface area contributed by atoms with E-state index >= 15 is 0 Å². The van der Waals surface area contributed by atoms with Gasteiger partial charge < -0.3 is 4.74 Å². The maximum atomic E-state index is 5.67. The van der Waals surface area contributed by atoms with Crippen molar-refractivity contribution in [3.05, 3.63) is 89.7 Å². The third-order valence-corrected chi connectivity index (χ3v) is 5.58. The fraction of sp³-hybridized carbons (Fsp3) is 0.320. The molecule has 1 aromatic heterocycles. The van der Waals surface area contributed by atoms with Crippen molar-refractivity contribution in [1.29, 1.82) is 0 Å². The number of nitrogens with zero attached hydrogens (tertiary/aromatic N) is 2. The lowest BCUT2D eigenvalue weighted by atomic mass is 9.87. The Balaban J connectivity index is 1.78. The van der Waals surface area contributed by atoms with Gasteiger partial charge in [-0.25, -0.2) is 4.31 Å². The second-order valence-electron chi connectivity index (χ2n) is 8.11. The van der Waals surface area contributed by atoms with Crippen molar-refractivity contribution in [2.75, 3.05) is 6.61 Å². The van der Waals surface area contributed by atoms with Crippen LogP contribution in [0.5, 0.6) is 5.75 Å². The van der Waals surface area contributed by atoms with Crippen molar-refractivity contribution in [1.82, 2.24) is 9.29 Å². The van der Waals surface area contributed by atoms with Crippen LogP contribution in [0, 0.1) is 0 Å². The standard InChI is InChI=1S/C25H30N2OS/c1-5-28-23-9-6-8-21(16-23)19-27(29-24-10-7-15-26-17-24)18-20-11-13-22(14-12-20)25(2,3)4/h6-17H,5,18-19H2,1-4H3. The number of pyridine rings is 1. The normalized spacial score (nSPS) is 11.6. The van der Waals surface area contributed by atoms with Crippen molar-refractivity contribution in [2.45, 2.75) is 51.1 Å². The molecule has 0 fully saturated rings. The lowest BCUT2D eigenvalue weighted by molar-refractivity contribution is 0.339. The quantitative estimate of drug-likeness (QED) is 0.399. The molecule has 152 valence electrons. The highest BCUT2D eigenvalue weighted by atomic mass is 32.2. The van der Waals surface area contributed by atoms with Gasteiger partial charge in [0.15, 0.2) is 0 Å². The van der Waals surface area contributed by atoms with E-state index in [1.165, 1.54) is 16.7 Å². The van der Waals surface area contributed by atoms with Gasteiger partial charge in [0.25, 0.3) is 0 Å². The molecule has 0 saturated heterocycles. The largest absolute Gasteiger partial charge is 0.494 e. The molecule has 0 unspecified atom stereocenters. The molecule has 0 aliphatic carbocycles. The van der Waals surface area contributed by atoms with Crippen molar-refractivity contribution < 1.29 is 4.74 Å². The van der Waals surface area contributed by atoms with Crippen LogP contribution in [-0.2, 0) is 18.5 Å². The van der Waals surface area contributed by atoms with Gasteiger partial charge >= 0.3 is 0 Å². The molecule has 1 heterocycles. The Morgan fingerprint density at radius 3 is 2.34 bits per heavy atom. The number of benzene rings is 2. The number of ether oxygens (including phenoxy) is 1. The Labute approximate surface area is 179 Å². The van der Waals surface area contributed by atoms with E-state index in [4.69, 9.17) is 4.74 Å². The summed E-state index contributed by atoms with van der Waals surface area (Å²) < 4.78 is 8.04. The number of hydrogen-bond donors (Lipinski definition) is 0. The minimum Gasteiger partial charge on any atom is -0.494 e. The molecule has 0 amide bonds. The summed E-state index contributed by atoms with van der Waals surface area (Å²) in [4.78, 5) is 5.40. The van der Waals surface area contributed by atoms with Gasteiger partial charge in [-0.1, -0.05) is 57.2 Å². The van der Waals surface area contributed by atoms with E-state index < -0.39 is 0 Å². The predicted octanol–water partition coefficient (Wildman–Crippen LogP) is 6.49. The lowest BCUT2D eigenvalue weighted by Gasteiger charge is -2.23. The average molecular weight is 407 g/mol. The maximum absolute atomic E-state index is 5.67. The summed E-state index contributed by atoms with van der Waals surface area (Å²) in [6, 6.07) is 21.4. The first-order valence-corrected chi connectivity index (χ1v) is 10.9. The Hall–Kier alpha value is -2.30. The fourth-order valence-electron chi connectivity index (χ4n) is 3.09. The van der Waals surface area contributed by atoms with Gasteiger partial charge in [-0.15, -0.1) is 0 Å². The first-order valence-electron chi connectivity index (χ1n) is 10.1. The second-order valence-corrected chi connectivity index (χ2v) is 9.28. The van der Waals surface area contributed by atoms with Gasteiger partial charge in [-0.2, -0.15) is 0 Å². The van der Waals surface area contributed by atoms with Crippen molar-refractivity contribution in [3.63, 3.8) is 0 Å². The van der Waals surface area contributed by atoms with E-state index in [1.807, 2.05) is 31.5 Å². The number of aromatic nitrogens is 1. The number of hydrogen-bond acceptors (Lipinski definition) is 4. The van der Waals surface area contributed by atoms with Crippen LogP contribution < -0.4 is 4.74 Å². The Kier molecular flexibility index (Phi) is 7.34. The van der Waals surface area contributed by atoms with Gasteiger partial charge in [0.1, 0.15) is 5.75 Å². The molecule has 4 heteroatoms. The zero-order valence-corrected chi connectivity index (χ0v) is 18.6. The van der Waals surface area contributed by atoms with Gasteiger partial charge in [0.05, 0.1) is 6.61 Å². The van der Waals surface area contributed by atoms with E-state index in [0.29, 0.717) is 6.61 Å². The van der Waals surface area contributed by atoms with Gasteiger partial charge in [0.2, 0.25) is 0 Å². The molecule has 0 aliphatic heterocycles. The summed E-state index contributed by atoms with van der Waals surface area (Å²) in [5, 5.41) is 0. The topological polar surface area (TPSA) is 25.4 Å². The SMILES string of the molecule is CCOc1cccc(CN(Cc2ccc(C(C)(C)C)cc2)Sc2cccnc2)c1.